The topological polar surface area (TPSA) is 72.9 Å². The molecular weight excluding hydrogens is 247 g/mol. The standard InChI is InChI=1S/C13H15FN4O/c1-8(13-16-5-6-18(13)2)17-9-3-4-11(14)10(7-9)12(15)19/h3-8,17H,1-2H3,(H2,15,19). The molecule has 19 heavy (non-hydrogen) atoms. The van der Waals surface area contributed by atoms with Crippen LogP contribution in [0.4, 0.5) is 10.1 Å². The van der Waals surface area contributed by atoms with Crippen molar-refractivity contribution in [3.63, 3.8) is 0 Å². The minimum Gasteiger partial charge on any atom is -0.375 e. The van der Waals surface area contributed by atoms with Crippen LogP contribution < -0.4 is 11.1 Å². The summed E-state index contributed by atoms with van der Waals surface area (Å²) in [5.74, 6) is -0.571. The Labute approximate surface area is 110 Å². The third-order valence-electron chi connectivity index (χ3n) is 2.86. The number of benzene rings is 1. The summed E-state index contributed by atoms with van der Waals surface area (Å²) < 4.78 is 15.2. The number of anilines is 1. The Morgan fingerprint density at radius 1 is 1.53 bits per heavy atom. The lowest BCUT2D eigenvalue weighted by atomic mass is 10.1. The summed E-state index contributed by atoms with van der Waals surface area (Å²) in [5.41, 5.74) is 5.60. The summed E-state index contributed by atoms with van der Waals surface area (Å²) in [6.07, 6.45) is 3.54. The van der Waals surface area contributed by atoms with Crippen LogP contribution in [0.3, 0.4) is 0 Å². The van der Waals surface area contributed by atoms with Gasteiger partial charge >= 0.3 is 0 Å². The van der Waals surface area contributed by atoms with E-state index in [-0.39, 0.29) is 11.6 Å². The molecule has 0 saturated carbocycles. The van der Waals surface area contributed by atoms with Gasteiger partial charge in [-0.3, -0.25) is 4.79 Å². The molecule has 1 unspecified atom stereocenters. The number of aryl methyl sites for hydroxylation is 1. The van der Waals surface area contributed by atoms with Crippen molar-refractivity contribution in [2.45, 2.75) is 13.0 Å². The lowest BCUT2D eigenvalue weighted by Gasteiger charge is -2.15. The van der Waals surface area contributed by atoms with E-state index in [4.69, 9.17) is 5.73 Å². The van der Waals surface area contributed by atoms with Crippen LogP contribution in [-0.4, -0.2) is 15.5 Å². The maximum absolute atomic E-state index is 13.4. The van der Waals surface area contributed by atoms with E-state index in [1.165, 1.54) is 12.1 Å². The average Bonchev–Trinajstić information content (AvgIpc) is 2.77. The molecule has 0 saturated heterocycles. The monoisotopic (exact) mass is 262 g/mol. The number of hydrogen-bond acceptors (Lipinski definition) is 3. The summed E-state index contributed by atoms with van der Waals surface area (Å²) >= 11 is 0. The van der Waals surface area contributed by atoms with Gasteiger partial charge in [0.05, 0.1) is 11.6 Å². The fraction of sp³-hybridized carbons (Fsp3) is 0.231. The third kappa shape index (κ3) is 2.73. The van der Waals surface area contributed by atoms with Crippen LogP contribution in [-0.2, 0) is 7.05 Å². The lowest BCUT2D eigenvalue weighted by Crippen LogP contribution is -2.15. The fourth-order valence-corrected chi connectivity index (χ4v) is 1.91. The van der Waals surface area contributed by atoms with E-state index < -0.39 is 11.7 Å². The van der Waals surface area contributed by atoms with Crippen LogP contribution >= 0.6 is 0 Å². The van der Waals surface area contributed by atoms with Crippen LogP contribution in [0.5, 0.6) is 0 Å². The predicted octanol–water partition coefficient (Wildman–Crippen LogP) is 1.83. The number of hydrogen-bond donors (Lipinski definition) is 2. The number of rotatable bonds is 4. The van der Waals surface area contributed by atoms with Crippen LogP contribution in [0.15, 0.2) is 30.6 Å². The highest BCUT2D eigenvalue weighted by Gasteiger charge is 2.13. The van der Waals surface area contributed by atoms with Crippen molar-refractivity contribution in [3.8, 4) is 0 Å². The van der Waals surface area contributed by atoms with Crippen molar-refractivity contribution < 1.29 is 9.18 Å². The van der Waals surface area contributed by atoms with E-state index in [0.717, 1.165) is 5.82 Å². The van der Waals surface area contributed by atoms with E-state index in [9.17, 15) is 9.18 Å². The van der Waals surface area contributed by atoms with E-state index >= 15 is 0 Å². The van der Waals surface area contributed by atoms with E-state index in [2.05, 4.69) is 10.3 Å². The molecule has 0 aliphatic rings. The number of aromatic nitrogens is 2. The van der Waals surface area contributed by atoms with Crippen molar-refractivity contribution >= 4 is 11.6 Å². The maximum atomic E-state index is 13.4. The first kappa shape index (κ1) is 13.1. The Kier molecular flexibility index (Phi) is 3.50. The molecule has 6 heteroatoms. The summed E-state index contributed by atoms with van der Waals surface area (Å²) in [7, 11) is 1.89. The molecule has 0 bridgehead atoms. The number of imidazole rings is 1. The lowest BCUT2D eigenvalue weighted by molar-refractivity contribution is 0.0996. The summed E-state index contributed by atoms with van der Waals surface area (Å²) in [4.78, 5) is 15.3. The van der Waals surface area contributed by atoms with Gasteiger partial charge in [-0.15, -0.1) is 0 Å². The molecule has 0 spiro atoms. The first-order valence-corrected chi connectivity index (χ1v) is 5.82. The minimum atomic E-state index is -0.786. The van der Waals surface area contributed by atoms with Gasteiger partial charge in [0.2, 0.25) is 0 Å². The normalized spacial score (nSPS) is 12.2. The number of nitrogens with one attached hydrogen (secondary N) is 1. The van der Waals surface area contributed by atoms with Gasteiger partial charge in [-0.25, -0.2) is 9.37 Å². The van der Waals surface area contributed by atoms with Gasteiger partial charge in [0.25, 0.3) is 5.91 Å². The minimum absolute atomic E-state index is 0.0776. The summed E-state index contributed by atoms with van der Waals surface area (Å²) in [5, 5.41) is 3.15. The molecule has 5 nitrogen and oxygen atoms in total. The number of nitrogens with zero attached hydrogens (tertiary/aromatic N) is 2. The highest BCUT2D eigenvalue weighted by molar-refractivity contribution is 5.94. The second kappa shape index (κ2) is 5.09. The Balaban J connectivity index is 2.22. The van der Waals surface area contributed by atoms with Crippen molar-refractivity contribution in [2.75, 3.05) is 5.32 Å². The molecule has 1 aromatic heterocycles. The van der Waals surface area contributed by atoms with Gasteiger partial charge in [0, 0.05) is 25.1 Å². The quantitative estimate of drug-likeness (QED) is 0.882. The molecule has 1 aromatic carbocycles. The van der Waals surface area contributed by atoms with Gasteiger partial charge in [-0.05, 0) is 25.1 Å². The number of carbonyl (C=O) groups is 1. The molecule has 3 N–H and O–H groups in total. The predicted molar refractivity (Wildman–Crippen MR) is 70.2 cm³/mol. The van der Waals surface area contributed by atoms with E-state index in [0.29, 0.717) is 5.69 Å². The highest BCUT2D eigenvalue weighted by Crippen LogP contribution is 2.20. The number of primary amides is 1. The van der Waals surface area contributed by atoms with Gasteiger partial charge in [-0.2, -0.15) is 0 Å². The second-order valence-corrected chi connectivity index (χ2v) is 4.32. The third-order valence-corrected chi connectivity index (χ3v) is 2.86. The molecule has 1 amide bonds. The van der Waals surface area contributed by atoms with Crippen LogP contribution in [0.1, 0.15) is 29.1 Å². The van der Waals surface area contributed by atoms with Gasteiger partial charge in [0.1, 0.15) is 11.6 Å². The summed E-state index contributed by atoms with van der Waals surface area (Å²) in [6, 6.07) is 4.09. The van der Waals surface area contributed by atoms with Crippen molar-refractivity contribution in [1.82, 2.24) is 9.55 Å². The molecule has 100 valence electrons. The van der Waals surface area contributed by atoms with Crippen LogP contribution in [0.25, 0.3) is 0 Å². The van der Waals surface area contributed by atoms with Crippen molar-refractivity contribution in [3.05, 3.63) is 47.8 Å². The Morgan fingerprint density at radius 3 is 2.84 bits per heavy atom. The summed E-state index contributed by atoms with van der Waals surface area (Å²) in [6.45, 7) is 1.93. The average molecular weight is 262 g/mol. The SMILES string of the molecule is CC(Nc1ccc(F)c(C(N)=O)c1)c1nccn1C. The Bertz CT molecular complexity index is 608. The Morgan fingerprint density at radius 2 is 2.26 bits per heavy atom. The Hall–Kier alpha value is -2.37. The molecule has 0 aliphatic heterocycles. The zero-order valence-electron chi connectivity index (χ0n) is 10.7. The van der Waals surface area contributed by atoms with Gasteiger partial charge in [-0.1, -0.05) is 0 Å². The zero-order chi connectivity index (χ0) is 14.0. The van der Waals surface area contributed by atoms with Crippen LogP contribution in [0, 0.1) is 5.82 Å². The number of amides is 1. The van der Waals surface area contributed by atoms with Crippen LogP contribution in [0.2, 0.25) is 0 Å². The van der Waals surface area contributed by atoms with E-state index in [1.54, 1.807) is 12.3 Å². The molecule has 0 radical (unpaired) electrons. The smallest absolute Gasteiger partial charge is 0.251 e. The second-order valence-electron chi connectivity index (χ2n) is 4.32. The molecule has 1 atom stereocenters. The number of carbonyl (C=O) groups excluding carboxylic acids is 1. The maximum Gasteiger partial charge on any atom is 0.251 e. The van der Waals surface area contributed by atoms with Gasteiger partial charge < -0.3 is 15.6 Å². The molecule has 1 heterocycles. The molecular formula is C13H15FN4O. The molecule has 0 aliphatic carbocycles. The molecule has 2 rings (SSSR count). The van der Waals surface area contributed by atoms with E-state index in [1.807, 2.05) is 24.7 Å². The number of halogens is 1. The largest absolute Gasteiger partial charge is 0.375 e. The van der Waals surface area contributed by atoms with Gasteiger partial charge in [0.15, 0.2) is 0 Å². The highest BCUT2D eigenvalue weighted by atomic mass is 19.1. The van der Waals surface area contributed by atoms with Crippen molar-refractivity contribution in [2.24, 2.45) is 12.8 Å². The van der Waals surface area contributed by atoms with Crippen molar-refractivity contribution in [1.29, 1.82) is 0 Å². The number of nitrogens with two attached hydrogens (primary N) is 1. The molecule has 2 aromatic rings. The zero-order valence-corrected chi connectivity index (χ0v) is 10.7. The first-order valence-electron chi connectivity index (χ1n) is 5.82. The molecule has 0 fully saturated rings. The fourth-order valence-electron chi connectivity index (χ4n) is 1.91. The first-order chi connectivity index (χ1) is 8.99.